The summed E-state index contributed by atoms with van der Waals surface area (Å²) >= 11 is 0. The molecule has 0 aromatic rings. The Hall–Kier alpha value is -1.10. The molecule has 5 nitrogen and oxygen atoms in total. The maximum absolute atomic E-state index is 12.6. The summed E-state index contributed by atoms with van der Waals surface area (Å²) in [6, 6.07) is -0.142. The van der Waals surface area contributed by atoms with Crippen molar-refractivity contribution in [1.82, 2.24) is 5.32 Å². The minimum Gasteiger partial charge on any atom is -0.481 e. The maximum atomic E-state index is 12.6. The van der Waals surface area contributed by atoms with Crippen molar-refractivity contribution < 1.29 is 14.7 Å². The van der Waals surface area contributed by atoms with E-state index in [1.165, 1.54) is 0 Å². The molecule has 1 fully saturated rings. The normalized spacial score (nSPS) is 29.7. The Bertz CT molecular complexity index is 382. The SMILES string of the molecule is CCCC(CC(=O)O)NC(=O)C1CCC(N)C(C)C1(C)C. The van der Waals surface area contributed by atoms with Gasteiger partial charge in [0.1, 0.15) is 0 Å². The lowest BCUT2D eigenvalue weighted by molar-refractivity contribution is -0.138. The highest BCUT2D eigenvalue weighted by Gasteiger charge is 2.45. The summed E-state index contributed by atoms with van der Waals surface area (Å²) in [4.78, 5) is 23.5. The van der Waals surface area contributed by atoms with Gasteiger partial charge in [0.05, 0.1) is 6.42 Å². The molecule has 4 N–H and O–H groups in total. The number of rotatable bonds is 6. The highest BCUT2D eigenvalue weighted by molar-refractivity contribution is 5.80. The third kappa shape index (κ3) is 4.43. The minimum atomic E-state index is -0.868. The van der Waals surface area contributed by atoms with Crippen LogP contribution in [0, 0.1) is 17.3 Å². The van der Waals surface area contributed by atoms with Crippen molar-refractivity contribution in [3.63, 3.8) is 0 Å². The van der Waals surface area contributed by atoms with Gasteiger partial charge in [0, 0.05) is 18.0 Å². The molecule has 1 rings (SSSR count). The Labute approximate surface area is 127 Å². The Morgan fingerprint density at radius 2 is 2.00 bits per heavy atom. The number of carbonyl (C=O) groups excluding carboxylic acids is 1. The summed E-state index contributed by atoms with van der Waals surface area (Å²) < 4.78 is 0. The topological polar surface area (TPSA) is 92.4 Å². The van der Waals surface area contributed by atoms with Crippen LogP contribution in [0.25, 0.3) is 0 Å². The van der Waals surface area contributed by atoms with Crippen molar-refractivity contribution in [2.24, 2.45) is 23.0 Å². The second-order valence-electron chi connectivity index (χ2n) is 7.00. The van der Waals surface area contributed by atoms with E-state index in [-0.39, 0.29) is 41.7 Å². The van der Waals surface area contributed by atoms with Crippen LogP contribution in [0.4, 0.5) is 0 Å². The van der Waals surface area contributed by atoms with Crippen molar-refractivity contribution in [2.45, 2.75) is 71.9 Å². The van der Waals surface area contributed by atoms with Gasteiger partial charge in [-0.05, 0) is 30.6 Å². The van der Waals surface area contributed by atoms with Crippen LogP contribution in [0.1, 0.15) is 59.8 Å². The largest absolute Gasteiger partial charge is 0.481 e. The zero-order valence-electron chi connectivity index (χ0n) is 13.7. The summed E-state index contributed by atoms with van der Waals surface area (Å²) in [5.41, 5.74) is 5.96. The average molecular weight is 298 g/mol. The quantitative estimate of drug-likeness (QED) is 0.700. The van der Waals surface area contributed by atoms with E-state index in [0.717, 1.165) is 19.3 Å². The molecule has 0 spiro atoms. The molecule has 5 heteroatoms. The number of carbonyl (C=O) groups is 2. The van der Waals surface area contributed by atoms with E-state index in [1.807, 2.05) is 6.92 Å². The molecule has 1 aliphatic carbocycles. The molecule has 0 aromatic carbocycles. The predicted octanol–water partition coefficient (Wildman–Crippen LogP) is 2.15. The van der Waals surface area contributed by atoms with Crippen LogP contribution in [0.5, 0.6) is 0 Å². The maximum Gasteiger partial charge on any atom is 0.305 e. The van der Waals surface area contributed by atoms with E-state index in [4.69, 9.17) is 10.8 Å². The minimum absolute atomic E-state index is 0.0121. The molecule has 0 aromatic heterocycles. The lowest BCUT2D eigenvalue weighted by Gasteiger charge is -2.46. The van der Waals surface area contributed by atoms with E-state index in [2.05, 4.69) is 26.1 Å². The van der Waals surface area contributed by atoms with Crippen LogP contribution in [-0.2, 0) is 9.59 Å². The van der Waals surface area contributed by atoms with E-state index in [0.29, 0.717) is 6.42 Å². The van der Waals surface area contributed by atoms with E-state index >= 15 is 0 Å². The second kappa shape index (κ2) is 7.25. The van der Waals surface area contributed by atoms with Gasteiger partial charge in [-0.1, -0.05) is 34.1 Å². The van der Waals surface area contributed by atoms with E-state index in [9.17, 15) is 9.59 Å². The molecular weight excluding hydrogens is 268 g/mol. The average Bonchev–Trinajstić information content (AvgIpc) is 2.35. The molecular formula is C16H30N2O3. The fraction of sp³-hybridized carbons (Fsp3) is 0.875. The third-order valence-electron chi connectivity index (χ3n) is 5.22. The predicted molar refractivity (Wildman–Crippen MR) is 82.7 cm³/mol. The molecule has 1 amide bonds. The monoisotopic (exact) mass is 298 g/mol. The van der Waals surface area contributed by atoms with Gasteiger partial charge in [-0.2, -0.15) is 0 Å². The van der Waals surface area contributed by atoms with E-state index in [1.54, 1.807) is 0 Å². The van der Waals surface area contributed by atoms with Crippen LogP contribution >= 0.6 is 0 Å². The first-order valence-corrected chi connectivity index (χ1v) is 7.97. The number of nitrogens with two attached hydrogens (primary N) is 1. The van der Waals surface area contributed by atoms with Crippen molar-refractivity contribution in [3.8, 4) is 0 Å². The Morgan fingerprint density at radius 3 is 2.52 bits per heavy atom. The van der Waals surface area contributed by atoms with E-state index < -0.39 is 5.97 Å². The molecule has 4 atom stereocenters. The molecule has 122 valence electrons. The zero-order chi connectivity index (χ0) is 16.2. The van der Waals surface area contributed by atoms with Crippen molar-refractivity contribution in [2.75, 3.05) is 0 Å². The number of carboxylic acid groups (broad SMARTS) is 1. The van der Waals surface area contributed by atoms with Crippen molar-refractivity contribution in [1.29, 1.82) is 0 Å². The third-order valence-corrected chi connectivity index (χ3v) is 5.22. The Kier molecular flexibility index (Phi) is 6.20. The zero-order valence-corrected chi connectivity index (χ0v) is 13.7. The molecule has 4 unspecified atom stereocenters. The molecule has 1 aliphatic rings. The first-order valence-electron chi connectivity index (χ1n) is 7.97. The molecule has 21 heavy (non-hydrogen) atoms. The van der Waals surface area contributed by atoms with Crippen LogP contribution in [0.2, 0.25) is 0 Å². The lowest BCUT2D eigenvalue weighted by atomic mass is 9.61. The van der Waals surface area contributed by atoms with Gasteiger partial charge >= 0.3 is 5.97 Å². The number of aliphatic carboxylic acids is 1. The molecule has 0 heterocycles. The number of hydrogen-bond acceptors (Lipinski definition) is 3. The van der Waals surface area contributed by atoms with Crippen LogP contribution in [-0.4, -0.2) is 29.1 Å². The molecule has 0 aliphatic heterocycles. The Morgan fingerprint density at radius 1 is 1.38 bits per heavy atom. The van der Waals surface area contributed by atoms with Crippen molar-refractivity contribution in [3.05, 3.63) is 0 Å². The van der Waals surface area contributed by atoms with Gasteiger partial charge in [-0.15, -0.1) is 0 Å². The van der Waals surface area contributed by atoms with Gasteiger partial charge < -0.3 is 16.2 Å². The standard InChI is InChI=1S/C16H30N2O3/c1-5-6-11(9-14(19)20)18-15(21)12-7-8-13(17)10(2)16(12,3)4/h10-13H,5-9,17H2,1-4H3,(H,18,21)(H,19,20). The van der Waals surface area contributed by atoms with Crippen LogP contribution in [0.3, 0.4) is 0 Å². The first-order chi connectivity index (χ1) is 9.70. The molecule has 1 saturated carbocycles. The summed E-state index contributed by atoms with van der Waals surface area (Å²) in [6.45, 7) is 8.28. The number of amides is 1. The molecule has 0 saturated heterocycles. The van der Waals surface area contributed by atoms with Gasteiger partial charge in [-0.3, -0.25) is 9.59 Å². The van der Waals surface area contributed by atoms with Crippen LogP contribution < -0.4 is 11.1 Å². The summed E-state index contributed by atoms with van der Waals surface area (Å²) in [6.07, 6.45) is 3.16. The van der Waals surface area contributed by atoms with Gasteiger partial charge in [0.25, 0.3) is 0 Å². The highest BCUT2D eigenvalue weighted by Crippen LogP contribution is 2.44. The highest BCUT2D eigenvalue weighted by atomic mass is 16.4. The van der Waals surface area contributed by atoms with Gasteiger partial charge in [0.15, 0.2) is 0 Å². The molecule has 0 radical (unpaired) electrons. The van der Waals surface area contributed by atoms with Crippen molar-refractivity contribution >= 4 is 11.9 Å². The first kappa shape index (κ1) is 18.0. The van der Waals surface area contributed by atoms with Gasteiger partial charge in [-0.25, -0.2) is 0 Å². The number of nitrogens with one attached hydrogen (secondary N) is 1. The lowest BCUT2D eigenvalue weighted by Crippen LogP contribution is -2.53. The molecule has 0 bridgehead atoms. The number of carboxylic acids is 1. The second-order valence-corrected chi connectivity index (χ2v) is 7.00. The smallest absolute Gasteiger partial charge is 0.305 e. The summed E-state index contributed by atoms with van der Waals surface area (Å²) in [5.74, 6) is -0.711. The fourth-order valence-electron chi connectivity index (χ4n) is 3.41. The van der Waals surface area contributed by atoms with Crippen LogP contribution in [0.15, 0.2) is 0 Å². The summed E-state index contributed by atoms with van der Waals surface area (Å²) in [5, 5.41) is 11.9. The summed E-state index contributed by atoms with van der Waals surface area (Å²) in [7, 11) is 0. The Balaban J connectivity index is 2.74. The fourth-order valence-corrected chi connectivity index (χ4v) is 3.41. The number of hydrogen-bond donors (Lipinski definition) is 3. The van der Waals surface area contributed by atoms with Gasteiger partial charge in [0.2, 0.25) is 5.91 Å².